The lowest BCUT2D eigenvalue weighted by Gasteiger charge is -2.35. The first-order valence-electron chi connectivity index (χ1n) is 11.4. The molecule has 4 heterocycles. The van der Waals surface area contributed by atoms with Crippen molar-refractivity contribution in [2.24, 2.45) is 0 Å². The van der Waals surface area contributed by atoms with Crippen LogP contribution in [0.1, 0.15) is 30.4 Å². The topological polar surface area (TPSA) is 98.3 Å². The smallest absolute Gasteiger partial charge is 0.346 e. The van der Waals surface area contributed by atoms with Crippen LogP contribution in [0.5, 0.6) is 0 Å². The SMILES string of the molecule is O=C(CC[C@@H]1CC(F)(F)CN1c1cc(C(F)(F)F)c(=O)[nH]n1)N1CCN(c2ncc(C(F)(F)F)cn2)CC1. The van der Waals surface area contributed by atoms with Crippen LogP contribution in [-0.2, 0) is 17.1 Å². The van der Waals surface area contributed by atoms with Gasteiger partial charge in [-0.2, -0.15) is 31.4 Å². The molecule has 2 aliphatic heterocycles. The monoisotopic (exact) mass is 555 g/mol. The number of alkyl halides is 8. The fraction of sp³-hybridized carbons (Fsp3) is 0.571. The second kappa shape index (κ2) is 9.98. The Bertz CT molecular complexity index is 1210. The van der Waals surface area contributed by atoms with Gasteiger partial charge in [-0.25, -0.2) is 23.8 Å². The summed E-state index contributed by atoms with van der Waals surface area (Å²) in [6, 6.07) is -0.590. The van der Waals surface area contributed by atoms with E-state index in [4.69, 9.17) is 0 Å². The van der Waals surface area contributed by atoms with Gasteiger partial charge < -0.3 is 14.7 Å². The van der Waals surface area contributed by atoms with Crippen molar-refractivity contribution in [3.63, 3.8) is 0 Å². The molecule has 4 rings (SSSR count). The summed E-state index contributed by atoms with van der Waals surface area (Å²) in [6.45, 7) is -0.0964. The van der Waals surface area contributed by atoms with Crippen LogP contribution in [0.3, 0.4) is 0 Å². The highest BCUT2D eigenvalue weighted by Gasteiger charge is 2.46. The van der Waals surface area contributed by atoms with Crippen LogP contribution in [0.4, 0.5) is 46.9 Å². The van der Waals surface area contributed by atoms with Crippen molar-refractivity contribution in [3.05, 3.63) is 39.9 Å². The Hall–Kier alpha value is -3.53. The number of H-pyrrole nitrogens is 1. The number of halogens is 8. The van der Waals surface area contributed by atoms with E-state index in [1.807, 2.05) is 0 Å². The Morgan fingerprint density at radius 1 is 1.03 bits per heavy atom. The molecule has 1 atom stereocenters. The molecule has 0 unspecified atom stereocenters. The lowest BCUT2D eigenvalue weighted by Crippen LogP contribution is -2.49. The van der Waals surface area contributed by atoms with Gasteiger partial charge in [-0.15, -0.1) is 0 Å². The normalized spacial score (nSPS) is 20.2. The van der Waals surface area contributed by atoms with Crippen molar-refractivity contribution in [2.75, 3.05) is 42.5 Å². The van der Waals surface area contributed by atoms with Crippen LogP contribution < -0.4 is 15.4 Å². The molecule has 2 aliphatic rings. The van der Waals surface area contributed by atoms with Gasteiger partial charge >= 0.3 is 12.4 Å². The van der Waals surface area contributed by atoms with Crippen molar-refractivity contribution in [1.29, 1.82) is 0 Å². The van der Waals surface area contributed by atoms with Crippen LogP contribution in [0, 0.1) is 0 Å². The van der Waals surface area contributed by atoms with Gasteiger partial charge in [0.05, 0.1) is 12.1 Å². The molecule has 1 amide bonds. The minimum absolute atomic E-state index is 0.0700. The third-order valence-corrected chi connectivity index (χ3v) is 6.34. The largest absolute Gasteiger partial charge is 0.421 e. The lowest BCUT2D eigenvalue weighted by molar-refractivity contribution is -0.139. The maximum Gasteiger partial charge on any atom is 0.421 e. The highest BCUT2D eigenvalue weighted by molar-refractivity contribution is 5.76. The van der Waals surface area contributed by atoms with Gasteiger partial charge in [0.1, 0.15) is 11.4 Å². The van der Waals surface area contributed by atoms with E-state index in [0.717, 1.165) is 4.90 Å². The Labute approximate surface area is 209 Å². The van der Waals surface area contributed by atoms with Gasteiger partial charge in [0.15, 0.2) is 0 Å². The molecule has 2 saturated heterocycles. The molecule has 0 bridgehead atoms. The van der Waals surface area contributed by atoms with E-state index in [9.17, 15) is 44.7 Å². The Kier molecular flexibility index (Phi) is 7.22. The number of aromatic amines is 1. The lowest BCUT2D eigenvalue weighted by atomic mass is 10.1. The van der Waals surface area contributed by atoms with Crippen molar-refractivity contribution in [3.8, 4) is 0 Å². The van der Waals surface area contributed by atoms with Crippen molar-refractivity contribution in [1.82, 2.24) is 25.1 Å². The molecular weight excluding hydrogens is 534 g/mol. The average molecular weight is 555 g/mol. The van der Waals surface area contributed by atoms with Crippen LogP contribution in [0.15, 0.2) is 23.3 Å². The van der Waals surface area contributed by atoms with E-state index in [1.54, 1.807) is 10.00 Å². The predicted molar refractivity (Wildman–Crippen MR) is 116 cm³/mol. The third kappa shape index (κ3) is 6.12. The van der Waals surface area contributed by atoms with Gasteiger partial charge in [-0.3, -0.25) is 9.59 Å². The molecule has 0 saturated carbocycles. The zero-order chi connectivity index (χ0) is 27.9. The fourth-order valence-electron chi connectivity index (χ4n) is 4.41. The summed E-state index contributed by atoms with van der Waals surface area (Å²) in [5.74, 6) is -4.02. The summed E-state index contributed by atoms with van der Waals surface area (Å²) < 4.78 is 106. The number of nitrogens with one attached hydrogen (secondary N) is 1. The first kappa shape index (κ1) is 27.5. The van der Waals surface area contributed by atoms with E-state index in [0.29, 0.717) is 18.5 Å². The summed E-state index contributed by atoms with van der Waals surface area (Å²) in [4.78, 5) is 35.7. The highest BCUT2D eigenvalue weighted by Crippen LogP contribution is 2.38. The Balaban J connectivity index is 1.36. The van der Waals surface area contributed by atoms with Gasteiger partial charge in [-0.1, -0.05) is 0 Å². The molecule has 0 aromatic carbocycles. The zero-order valence-electron chi connectivity index (χ0n) is 19.5. The number of anilines is 2. The molecule has 38 heavy (non-hydrogen) atoms. The predicted octanol–water partition coefficient (Wildman–Crippen LogP) is 2.94. The zero-order valence-corrected chi connectivity index (χ0v) is 19.5. The number of amides is 1. The number of hydrogen-bond donors (Lipinski definition) is 1. The van der Waals surface area contributed by atoms with E-state index in [2.05, 4.69) is 15.1 Å². The Morgan fingerprint density at radius 3 is 2.24 bits per heavy atom. The average Bonchev–Trinajstić information content (AvgIpc) is 3.16. The minimum Gasteiger partial charge on any atom is -0.346 e. The first-order chi connectivity index (χ1) is 17.6. The molecule has 2 fully saturated rings. The van der Waals surface area contributed by atoms with Crippen LogP contribution in [0.2, 0.25) is 0 Å². The van der Waals surface area contributed by atoms with Gasteiger partial charge in [0.2, 0.25) is 11.9 Å². The number of aromatic nitrogens is 4. The molecule has 9 nitrogen and oxygen atoms in total. The van der Waals surface area contributed by atoms with Crippen LogP contribution in [-0.4, -0.2) is 75.7 Å². The summed E-state index contributed by atoms with van der Waals surface area (Å²) in [5.41, 5.74) is -4.06. The van der Waals surface area contributed by atoms with E-state index < -0.39 is 59.8 Å². The number of carbonyl (C=O) groups is 1. The second-order valence-electron chi connectivity index (χ2n) is 8.98. The van der Waals surface area contributed by atoms with Crippen LogP contribution >= 0.6 is 0 Å². The molecule has 2 aromatic rings. The first-order valence-corrected chi connectivity index (χ1v) is 11.4. The number of carbonyl (C=O) groups excluding carboxylic acids is 1. The maximum atomic E-state index is 14.2. The van der Waals surface area contributed by atoms with E-state index in [-0.39, 0.29) is 50.9 Å². The quantitative estimate of drug-likeness (QED) is 0.567. The summed E-state index contributed by atoms with van der Waals surface area (Å²) in [5, 5.41) is 5.19. The van der Waals surface area contributed by atoms with Crippen molar-refractivity contribution in [2.45, 2.75) is 43.6 Å². The maximum absolute atomic E-state index is 14.2. The number of piperazine rings is 1. The molecule has 0 spiro atoms. The Morgan fingerprint density at radius 2 is 1.66 bits per heavy atom. The van der Waals surface area contributed by atoms with Gasteiger partial charge in [-0.05, 0) is 6.42 Å². The number of rotatable bonds is 5. The van der Waals surface area contributed by atoms with E-state index in [1.165, 1.54) is 4.90 Å². The molecular formula is C21H21F8N7O2. The van der Waals surface area contributed by atoms with E-state index >= 15 is 0 Å². The minimum atomic E-state index is -5.01. The van der Waals surface area contributed by atoms with Gasteiger partial charge in [0.25, 0.3) is 11.5 Å². The van der Waals surface area contributed by atoms with Crippen molar-refractivity contribution >= 4 is 17.7 Å². The molecule has 0 aliphatic carbocycles. The molecule has 2 aromatic heterocycles. The molecule has 17 heteroatoms. The second-order valence-corrected chi connectivity index (χ2v) is 8.98. The number of nitrogens with zero attached hydrogens (tertiary/aromatic N) is 6. The van der Waals surface area contributed by atoms with Crippen LogP contribution in [0.25, 0.3) is 0 Å². The highest BCUT2D eigenvalue weighted by atomic mass is 19.4. The summed E-state index contributed by atoms with van der Waals surface area (Å²) in [7, 11) is 0. The summed E-state index contributed by atoms with van der Waals surface area (Å²) in [6.07, 6.45) is -9.23. The molecule has 1 N–H and O–H groups in total. The third-order valence-electron chi connectivity index (χ3n) is 6.34. The standard InChI is InChI=1S/C21H21F8N7O2/c22-19(23)8-13(36(11-19)15-7-14(21(27,28)29)17(38)33-32-15)1-2-16(37)34-3-5-35(6-4-34)18-30-9-12(10-31-18)20(24,25)26/h7,9-10,13H,1-6,8,11H2,(H,33,38)/t13-/m1/s1. The fourth-order valence-corrected chi connectivity index (χ4v) is 4.41. The van der Waals surface area contributed by atoms with Crippen molar-refractivity contribution < 1.29 is 39.9 Å². The van der Waals surface area contributed by atoms with Gasteiger partial charge in [0, 0.05) is 63.5 Å². The molecule has 0 radical (unpaired) electrons. The number of hydrogen-bond acceptors (Lipinski definition) is 7. The summed E-state index contributed by atoms with van der Waals surface area (Å²) >= 11 is 0. The molecule has 208 valence electrons.